The predicted molar refractivity (Wildman–Crippen MR) is 90.1 cm³/mol. The molecular formula is C17H23BN2O3. The zero-order valence-corrected chi connectivity index (χ0v) is 14.1. The topological polar surface area (TPSA) is 42.0 Å². The third-order valence-electron chi connectivity index (χ3n) is 4.55. The maximum absolute atomic E-state index is 12.7. The van der Waals surface area contributed by atoms with Crippen LogP contribution < -0.4 is 9.64 Å². The number of carbonyl (C=O) groups excluding carboxylic acids is 1. The fourth-order valence-corrected chi connectivity index (χ4v) is 3.21. The number of benzene rings is 1. The molecule has 2 aliphatic heterocycles. The Morgan fingerprint density at radius 2 is 1.91 bits per heavy atom. The van der Waals surface area contributed by atoms with Crippen molar-refractivity contribution in [1.82, 2.24) is 4.81 Å². The van der Waals surface area contributed by atoms with Crippen LogP contribution in [0.3, 0.4) is 0 Å². The van der Waals surface area contributed by atoms with Crippen molar-refractivity contribution < 1.29 is 14.3 Å². The van der Waals surface area contributed by atoms with Crippen LogP contribution in [0.15, 0.2) is 12.1 Å². The van der Waals surface area contributed by atoms with E-state index < -0.39 is 5.60 Å². The van der Waals surface area contributed by atoms with Gasteiger partial charge in [-0.25, -0.2) is 0 Å². The molecule has 0 bridgehead atoms. The lowest BCUT2D eigenvalue weighted by molar-refractivity contribution is -0.132. The Hall–Kier alpha value is -1.53. The van der Waals surface area contributed by atoms with Crippen molar-refractivity contribution in [3.8, 4) is 5.75 Å². The van der Waals surface area contributed by atoms with Crippen LogP contribution in [0.2, 0.25) is 0 Å². The highest BCUT2D eigenvalue weighted by atomic mass is 16.5. The first-order valence-corrected chi connectivity index (χ1v) is 8.08. The molecule has 3 rings (SSSR count). The summed E-state index contributed by atoms with van der Waals surface area (Å²) in [4.78, 5) is 16.4. The van der Waals surface area contributed by atoms with Crippen molar-refractivity contribution in [2.75, 3.05) is 38.3 Å². The number of fused-ring (bicyclic) bond motifs is 2. The van der Waals surface area contributed by atoms with Crippen molar-refractivity contribution in [2.45, 2.75) is 32.3 Å². The predicted octanol–water partition coefficient (Wildman–Crippen LogP) is 1.32. The second kappa shape index (κ2) is 6.17. The zero-order chi connectivity index (χ0) is 16.6. The lowest BCUT2D eigenvalue weighted by atomic mass is 9.97. The van der Waals surface area contributed by atoms with Crippen molar-refractivity contribution in [3.63, 3.8) is 0 Å². The van der Waals surface area contributed by atoms with E-state index in [1.165, 1.54) is 11.1 Å². The van der Waals surface area contributed by atoms with Crippen LogP contribution in [-0.4, -0.2) is 57.7 Å². The number of carbonyl (C=O) groups is 1. The number of rotatable bonds is 3. The Bertz CT molecular complexity index is 618. The number of methoxy groups -OCH3 is 1. The molecule has 0 atom stereocenters. The highest BCUT2D eigenvalue weighted by Gasteiger charge is 2.41. The van der Waals surface area contributed by atoms with Gasteiger partial charge in [0.15, 0.2) is 13.6 Å². The summed E-state index contributed by atoms with van der Waals surface area (Å²) >= 11 is 0. The molecule has 0 N–H and O–H groups in total. The second-order valence-corrected chi connectivity index (χ2v) is 6.69. The highest BCUT2D eigenvalue weighted by Crippen LogP contribution is 2.40. The summed E-state index contributed by atoms with van der Waals surface area (Å²) in [6.07, 6.45) is 1.78. The molecule has 6 heteroatoms. The largest absolute Gasteiger partial charge is 0.476 e. The minimum Gasteiger partial charge on any atom is -0.476 e. The van der Waals surface area contributed by atoms with E-state index in [0.29, 0.717) is 13.2 Å². The number of anilines is 1. The zero-order valence-electron chi connectivity index (χ0n) is 14.1. The van der Waals surface area contributed by atoms with Crippen LogP contribution >= 0.6 is 0 Å². The molecule has 1 aromatic rings. The molecule has 0 aliphatic carbocycles. The molecular weight excluding hydrogens is 291 g/mol. The van der Waals surface area contributed by atoms with Crippen LogP contribution in [0.1, 0.15) is 25.0 Å². The fourth-order valence-electron chi connectivity index (χ4n) is 3.21. The minimum absolute atomic E-state index is 0.0314. The molecule has 0 aromatic heterocycles. The third kappa shape index (κ3) is 3.10. The maximum atomic E-state index is 12.7. The van der Waals surface area contributed by atoms with E-state index in [9.17, 15) is 4.79 Å². The standard InChI is InChI=1S/C17H23BN2O3/c1-17(2)16(21)20(8-9-22-3)14-10-12-4-6-19(18)7-5-13(12)11-15(14)23-17/h10-11H,4-9H2,1-3H3. The van der Waals surface area contributed by atoms with Gasteiger partial charge in [-0.1, -0.05) is 0 Å². The number of hydrogen-bond acceptors (Lipinski definition) is 4. The lowest BCUT2D eigenvalue weighted by Gasteiger charge is -2.39. The number of ether oxygens (including phenoxy) is 2. The average molecular weight is 314 g/mol. The summed E-state index contributed by atoms with van der Waals surface area (Å²) in [7, 11) is 7.59. The van der Waals surface area contributed by atoms with Gasteiger partial charge in [-0.2, -0.15) is 0 Å². The molecule has 1 amide bonds. The van der Waals surface area contributed by atoms with E-state index in [1.807, 2.05) is 18.7 Å². The smallest absolute Gasteiger partial charge is 0.270 e. The molecule has 2 radical (unpaired) electrons. The Kier molecular flexibility index (Phi) is 4.38. The molecule has 2 aliphatic rings. The summed E-state index contributed by atoms with van der Waals surface area (Å²) in [5.41, 5.74) is 2.49. The first-order valence-electron chi connectivity index (χ1n) is 8.08. The Balaban J connectivity index is 2.02. The molecule has 0 saturated carbocycles. The van der Waals surface area contributed by atoms with Crippen molar-refractivity contribution >= 4 is 19.6 Å². The van der Waals surface area contributed by atoms with Gasteiger partial charge in [0.25, 0.3) is 5.91 Å². The summed E-state index contributed by atoms with van der Waals surface area (Å²) in [5.74, 6) is 0.742. The maximum Gasteiger partial charge on any atom is 0.270 e. The fraction of sp³-hybridized carbons (Fsp3) is 0.588. The summed E-state index contributed by atoms with van der Waals surface area (Å²) in [5, 5.41) is 0. The van der Waals surface area contributed by atoms with Crippen LogP contribution in [-0.2, 0) is 22.4 Å². The first-order chi connectivity index (χ1) is 10.9. The van der Waals surface area contributed by atoms with Crippen LogP contribution in [0, 0.1) is 0 Å². The van der Waals surface area contributed by atoms with Crippen LogP contribution in [0.25, 0.3) is 0 Å². The monoisotopic (exact) mass is 314 g/mol. The van der Waals surface area contributed by atoms with Gasteiger partial charge in [0.05, 0.1) is 12.3 Å². The first kappa shape index (κ1) is 16.3. The van der Waals surface area contributed by atoms with Crippen LogP contribution in [0.4, 0.5) is 5.69 Å². The van der Waals surface area contributed by atoms with E-state index in [1.54, 1.807) is 12.0 Å². The number of nitrogens with zero attached hydrogens (tertiary/aromatic N) is 2. The van der Waals surface area contributed by atoms with E-state index in [2.05, 4.69) is 12.1 Å². The van der Waals surface area contributed by atoms with Gasteiger partial charge in [0, 0.05) is 13.7 Å². The summed E-state index contributed by atoms with van der Waals surface area (Å²) in [6.45, 7) is 6.30. The molecule has 23 heavy (non-hydrogen) atoms. The Morgan fingerprint density at radius 1 is 1.26 bits per heavy atom. The van der Waals surface area contributed by atoms with Crippen molar-refractivity contribution in [3.05, 3.63) is 23.3 Å². The van der Waals surface area contributed by atoms with E-state index >= 15 is 0 Å². The number of amides is 1. The van der Waals surface area contributed by atoms with Gasteiger partial charge in [-0.15, -0.1) is 0 Å². The quantitative estimate of drug-likeness (QED) is 0.789. The third-order valence-corrected chi connectivity index (χ3v) is 4.55. The molecule has 0 fully saturated rings. The summed E-state index contributed by atoms with van der Waals surface area (Å²) < 4.78 is 11.2. The van der Waals surface area contributed by atoms with Gasteiger partial charge in [-0.05, 0) is 63.0 Å². The second-order valence-electron chi connectivity index (χ2n) is 6.69. The van der Waals surface area contributed by atoms with Crippen LogP contribution in [0.5, 0.6) is 5.75 Å². The molecule has 0 saturated heterocycles. The molecule has 0 spiro atoms. The normalized spacial score (nSPS) is 20.5. The Labute approximate surface area is 139 Å². The molecule has 122 valence electrons. The van der Waals surface area contributed by atoms with E-state index in [4.69, 9.17) is 17.5 Å². The van der Waals surface area contributed by atoms with Crippen molar-refractivity contribution in [2.24, 2.45) is 0 Å². The molecule has 2 heterocycles. The SMILES string of the molecule is [B]N1CCc2cc3c(cc2CC1)N(CCOC)C(=O)C(C)(C)O3. The van der Waals surface area contributed by atoms with Crippen molar-refractivity contribution in [1.29, 1.82) is 0 Å². The van der Waals surface area contributed by atoms with Gasteiger partial charge in [0.2, 0.25) is 0 Å². The van der Waals surface area contributed by atoms with E-state index in [-0.39, 0.29) is 5.91 Å². The minimum atomic E-state index is -0.861. The lowest BCUT2D eigenvalue weighted by Crippen LogP contribution is -2.53. The highest BCUT2D eigenvalue weighted by molar-refractivity contribution is 6.04. The van der Waals surface area contributed by atoms with Gasteiger partial charge >= 0.3 is 0 Å². The molecule has 1 aromatic carbocycles. The van der Waals surface area contributed by atoms with Gasteiger partial charge in [0.1, 0.15) is 5.75 Å². The summed E-state index contributed by atoms with van der Waals surface area (Å²) in [6, 6.07) is 4.17. The molecule has 5 nitrogen and oxygen atoms in total. The van der Waals surface area contributed by atoms with E-state index in [0.717, 1.165) is 37.4 Å². The van der Waals surface area contributed by atoms with Gasteiger partial charge < -0.3 is 19.2 Å². The van der Waals surface area contributed by atoms with Gasteiger partial charge in [-0.3, -0.25) is 4.79 Å². The Morgan fingerprint density at radius 3 is 2.57 bits per heavy atom. The number of hydrogen-bond donors (Lipinski definition) is 0. The molecule has 0 unspecified atom stereocenters. The average Bonchev–Trinajstić information content (AvgIpc) is 2.68.